The number of piperazine rings is 1. The number of anilines is 1. The highest BCUT2D eigenvalue weighted by atomic mass is 19.1. The summed E-state index contributed by atoms with van der Waals surface area (Å²) in [4.78, 5) is 9.19. The average molecular weight is 285 g/mol. The molecule has 21 heavy (non-hydrogen) atoms. The Morgan fingerprint density at radius 2 is 1.71 bits per heavy atom. The summed E-state index contributed by atoms with van der Waals surface area (Å²) in [5.74, 6) is 0.901. The predicted molar refractivity (Wildman–Crippen MR) is 83.0 cm³/mol. The molecule has 3 rings (SSSR count). The fraction of sp³-hybridized carbons (Fsp3) is 0.353. The van der Waals surface area contributed by atoms with Crippen LogP contribution in [0.1, 0.15) is 5.56 Å². The standard InChI is InChI=1S/C17H20FN3/c18-16-6-4-15(5-7-16)8-10-20-11-13-21(14-12-20)17-3-1-2-9-19-17/h1-7,9H,8,10-14H2. The van der Waals surface area contributed by atoms with Crippen molar-refractivity contribution in [2.75, 3.05) is 37.6 Å². The van der Waals surface area contributed by atoms with Crippen molar-refractivity contribution in [2.45, 2.75) is 6.42 Å². The maximum Gasteiger partial charge on any atom is 0.128 e. The smallest absolute Gasteiger partial charge is 0.128 e. The van der Waals surface area contributed by atoms with Crippen LogP contribution in [0.3, 0.4) is 0 Å². The molecule has 2 heterocycles. The van der Waals surface area contributed by atoms with Crippen LogP contribution in [0.15, 0.2) is 48.7 Å². The lowest BCUT2D eigenvalue weighted by Crippen LogP contribution is -2.47. The van der Waals surface area contributed by atoms with Crippen molar-refractivity contribution in [1.29, 1.82) is 0 Å². The van der Waals surface area contributed by atoms with Gasteiger partial charge in [-0.1, -0.05) is 18.2 Å². The Hall–Kier alpha value is -1.94. The molecule has 0 unspecified atom stereocenters. The molecule has 1 aliphatic heterocycles. The minimum absolute atomic E-state index is 0.164. The number of halogens is 1. The number of nitrogens with zero attached hydrogens (tertiary/aromatic N) is 3. The lowest BCUT2D eigenvalue weighted by Gasteiger charge is -2.35. The summed E-state index contributed by atoms with van der Waals surface area (Å²) in [7, 11) is 0. The second-order valence-electron chi connectivity index (χ2n) is 5.39. The zero-order valence-corrected chi connectivity index (χ0v) is 12.1. The summed E-state index contributed by atoms with van der Waals surface area (Å²) in [6.45, 7) is 5.16. The maximum atomic E-state index is 12.9. The average Bonchev–Trinajstić information content (AvgIpc) is 2.56. The van der Waals surface area contributed by atoms with E-state index in [1.807, 2.05) is 30.5 Å². The van der Waals surface area contributed by atoms with Gasteiger partial charge in [0.25, 0.3) is 0 Å². The molecule has 4 heteroatoms. The van der Waals surface area contributed by atoms with Crippen molar-refractivity contribution < 1.29 is 4.39 Å². The Labute approximate surface area is 125 Å². The van der Waals surface area contributed by atoms with Crippen molar-refractivity contribution in [2.24, 2.45) is 0 Å². The third-order valence-corrected chi connectivity index (χ3v) is 3.98. The van der Waals surface area contributed by atoms with Gasteiger partial charge in [-0.2, -0.15) is 0 Å². The van der Waals surface area contributed by atoms with Gasteiger partial charge < -0.3 is 4.90 Å². The molecule has 1 aliphatic rings. The SMILES string of the molecule is Fc1ccc(CCN2CCN(c3ccccn3)CC2)cc1. The topological polar surface area (TPSA) is 19.4 Å². The van der Waals surface area contributed by atoms with Crippen LogP contribution < -0.4 is 4.90 Å². The Bertz CT molecular complexity index is 548. The minimum atomic E-state index is -0.164. The molecule has 0 spiro atoms. The summed E-state index contributed by atoms with van der Waals surface area (Å²) in [5.41, 5.74) is 1.20. The number of aromatic nitrogens is 1. The summed E-state index contributed by atoms with van der Waals surface area (Å²) < 4.78 is 12.9. The van der Waals surface area contributed by atoms with Crippen molar-refractivity contribution in [3.05, 3.63) is 60.0 Å². The first kappa shape index (κ1) is 14.0. The van der Waals surface area contributed by atoms with Crippen LogP contribution in [-0.4, -0.2) is 42.6 Å². The molecule has 0 aliphatic carbocycles. The summed E-state index contributed by atoms with van der Waals surface area (Å²) in [6.07, 6.45) is 2.82. The number of hydrogen-bond donors (Lipinski definition) is 0. The highest BCUT2D eigenvalue weighted by Gasteiger charge is 2.17. The number of hydrogen-bond acceptors (Lipinski definition) is 3. The Kier molecular flexibility index (Phi) is 4.46. The van der Waals surface area contributed by atoms with E-state index >= 15 is 0 Å². The van der Waals surface area contributed by atoms with Gasteiger partial charge >= 0.3 is 0 Å². The van der Waals surface area contributed by atoms with E-state index in [1.165, 1.54) is 17.7 Å². The lowest BCUT2D eigenvalue weighted by molar-refractivity contribution is 0.260. The lowest BCUT2D eigenvalue weighted by atomic mass is 10.1. The van der Waals surface area contributed by atoms with Crippen molar-refractivity contribution in [3.8, 4) is 0 Å². The molecule has 0 amide bonds. The molecule has 1 saturated heterocycles. The first-order valence-corrected chi connectivity index (χ1v) is 7.44. The van der Waals surface area contributed by atoms with Crippen LogP contribution in [0.2, 0.25) is 0 Å². The molecule has 110 valence electrons. The van der Waals surface area contributed by atoms with Gasteiger partial charge in [-0.25, -0.2) is 9.37 Å². The van der Waals surface area contributed by atoms with Crippen molar-refractivity contribution >= 4 is 5.82 Å². The molecular weight excluding hydrogens is 265 g/mol. The van der Waals surface area contributed by atoms with E-state index in [0.29, 0.717) is 0 Å². The highest BCUT2D eigenvalue weighted by Crippen LogP contribution is 2.13. The monoisotopic (exact) mass is 285 g/mol. The van der Waals surface area contributed by atoms with Crippen LogP contribution in [0, 0.1) is 5.82 Å². The minimum Gasteiger partial charge on any atom is -0.354 e. The molecule has 0 radical (unpaired) electrons. The molecule has 1 aromatic carbocycles. The molecule has 2 aromatic rings. The Morgan fingerprint density at radius 1 is 0.952 bits per heavy atom. The van der Waals surface area contributed by atoms with Gasteiger partial charge in [0.05, 0.1) is 0 Å². The van der Waals surface area contributed by atoms with Gasteiger partial charge in [0.15, 0.2) is 0 Å². The third kappa shape index (κ3) is 3.79. The maximum absolute atomic E-state index is 12.9. The molecule has 0 N–H and O–H groups in total. The first-order chi connectivity index (χ1) is 10.3. The van der Waals surface area contributed by atoms with Crippen LogP contribution in [-0.2, 0) is 6.42 Å². The molecule has 3 nitrogen and oxygen atoms in total. The molecule has 0 bridgehead atoms. The zero-order valence-electron chi connectivity index (χ0n) is 12.1. The van der Waals surface area contributed by atoms with Gasteiger partial charge in [0.1, 0.15) is 11.6 Å². The summed E-state index contributed by atoms with van der Waals surface area (Å²) >= 11 is 0. The second kappa shape index (κ2) is 6.68. The number of rotatable bonds is 4. The van der Waals surface area contributed by atoms with E-state index in [-0.39, 0.29) is 5.82 Å². The van der Waals surface area contributed by atoms with E-state index in [4.69, 9.17) is 0 Å². The predicted octanol–water partition coefficient (Wildman–Crippen LogP) is 2.59. The summed E-state index contributed by atoms with van der Waals surface area (Å²) in [6, 6.07) is 12.9. The number of pyridine rings is 1. The first-order valence-electron chi connectivity index (χ1n) is 7.44. The van der Waals surface area contributed by atoms with E-state index in [2.05, 4.69) is 20.9 Å². The van der Waals surface area contributed by atoms with Gasteiger partial charge in [0, 0.05) is 38.9 Å². The molecule has 1 aromatic heterocycles. The van der Waals surface area contributed by atoms with Gasteiger partial charge in [0.2, 0.25) is 0 Å². The van der Waals surface area contributed by atoms with Crippen molar-refractivity contribution in [1.82, 2.24) is 9.88 Å². The van der Waals surface area contributed by atoms with Crippen LogP contribution >= 0.6 is 0 Å². The second-order valence-corrected chi connectivity index (χ2v) is 5.39. The Balaban J connectivity index is 1.47. The Morgan fingerprint density at radius 3 is 2.38 bits per heavy atom. The molecular formula is C17H20FN3. The van der Waals surface area contributed by atoms with Crippen LogP contribution in [0.4, 0.5) is 10.2 Å². The van der Waals surface area contributed by atoms with E-state index in [9.17, 15) is 4.39 Å². The van der Waals surface area contributed by atoms with Crippen LogP contribution in [0.25, 0.3) is 0 Å². The molecule has 0 atom stereocenters. The largest absolute Gasteiger partial charge is 0.354 e. The molecule has 0 saturated carbocycles. The van der Waals surface area contributed by atoms with Gasteiger partial charge in [-0.3, -0.25) is 4.90 Å². The van der Waals surface area contributed by atoms with E-state index in [1.54, 1.807) is 0 Å². The van der Waals surface area contributed by atoms with Crippen LogP contribution in [0.5, 0.6) is 0 Å². The molecule has 1 fully saturated rings. The summed E-state index contributed by atoms with van der Waals surface area (Å²) in [5, 5.41) is 0. The van der Waals surface area contributed by atoms with E-state index in [0.717, 1.165) is 45.0 Å². The quantitative estimate of drug-likeness (QED) is 0.861. The fourth-order valence-electron chi connectivity index (χ4n) is 2.68. The third-order valence-electron chi connectivity index (χ3n) is 3.98. The normalized spacial score (nSPS) is 16.1. The van der Waals surface area contributed by atoms with E-state index < -0.39 is 0 Å². The number of benzene rings is 1. The van der Waals surface area contributed by atoms with Gasteiger partial charge in [-0.15, -0.1) is 0 Å². The van der Waals surface area contributed by atoms with Gasteiger partial charge in [-0.05, 0) is 36.2 Å². The fourth-order valence-corrected chi connectivity index (χ4v) is 2.68. The van der Waals surface area contributed by atoms with Crippen molar-refractivity contribution in [3.63, 3.8) is 0 Å². The zero-order chi connectivity index (χ0) is 14.5. The highest BCUT2D eigenvalue weighted by molar-refractivity contribution is 5.38.